The van der Waals surface area contributed by atoms with Crippen LogP contribution in [0.5, 0.6) is 17.2 Å². The number of carbonyl (C=O) groups is 2. The van der Waals surface area contributed by atoms with Gasteiger partial charge in [-0.3, -0.25) is 14.5 Å². The molecular formula is C27H23I2NO5S. The maximum atomic E-state index is 12.9. The van der Waals surface area contributed by atoms with Gasteiger partial charge < -0.3 is 14.2 Å². The first-order chi connectivity index (χ1) is 17.4. The number of ether oxygens (including phenoxy) is 3. The Hall–Kier alpha value is -2.25. The number of amides is 2. The number of thioether (sulfide) groups is 1. The fraction of sp³-hybridized carbons (Fsp3) is 0.185. The monoisotopic (exact) mass is 727 g/mol. The van der Waals surface area contributed by atoms with Crippen molar-refractivity contribution >= 4 is 74.2 Å². The topological polar surface area (TPSA) is 65.1 Å². The van der Waals surface area contributed by atoms with Crippen molar-refractivity contribution in [3.05, 3.63) is 89.4 Å². The van der Waals surface area contributed by atoms with Crippen molar-refractivity contribution in [2.75, 3.05) is 20.3 Å². The molecule has 0 saturated carbocycles. The Morgan fingerprint density at radius 2 is 1.61 bits per heavy atom. The van der Waals surface area contributed by atoms with Gasteiger partial charge in [0.05, 0.1) is 25.7 Å². The molecule has 1 aliphatic heterocycles. The zero-order valence-corrected chi connectivity index (χ0v) is 24.8. The number of hydrogen-bond donors (Lipinski definition) is 0. The standard InChI is InChI=1S/C27H23I2NO5S/c1-17-7-9-18(10-8-17)16-35-25-20(28)13-19(14-21(25)29)15-24-26(31)30(27(32)36-24)11-12-34-23-6-4-3-5-22(23)33-2/h3-10,13-15H,11-12,16H2,1-2H3/b24-15-. The van der Waals surface area contributed by atoms with Gasteiger partial charge in [0, 0.05) is 0 Å². The summed E-state index contributed by atoms with van der Waals surface area (Å²) in [5, 5.41) is -0.308. The minimum absolute atomic E-state index is 0.154. The molecule has 0 unspecified atom stereocenters. The third-order valence-corrected chi connectivity index (χ3v) is 7.85. The van der Waals surface area contributed by atoms with Crippen LogP contribution in [0.15, 0.2) is 65.6 Å². The number of methoxy groups -OCH3 is 1. The fourth-order valence-corrected chi connectivity index (χ4v) is 6.46. The van der Waals surface area contributed by atoms with Gasteiger partial charge in [0.2, 0.25) is 0 Å². The highest BCUT2D eigenvalue weighted by Gasteiger charge is 2.35. The first-order valence-electron chi connectivity index (χ1n) is 11.0. The number of aryl methyl sites for hydroxylation is 1. The second-order valence-corrected chi connectivity index (χ2v) is 11.2. The Morgan fingerprint density at radius 1 is 0.944 bits per heavy atom. The summed E-state index contributed by atoms with van der Waals surface area (Å²) in [6.07, 6.45) is 1.75. The zero-order valence-electron chi connectivity index (χ0n) is 19.6. The lowest BCUT2D eigenvalue weighted by Gasteiger charge is -2.14. The molecule has 2 amide bonds. The summed E-state index contributed by atoms with van der Waals surface area (Å²) in [7, 11) is 1.56. The van der Waals surface area contributed by atoms with E-state index in [-0.39, 0.29) is 24.3 Å². The van der Waals surface area contributed by atoms with Gasteiger partial charge in [-0.05, 0) is 105 Å². The molecule has 0 radical (unpaired) electrons. The summed E-state index contributed by atoms with van der Waals surface area (Å²) in [6, 6.07) is 19.4. The number of nitrogens with zero attached hydrogens (tertiary/aromatic N) is 1. The summed E-state index contributed by atoms with van der Waals surface area (Å²) in [5.41, 5.74) is 3.14. The van der Waals surface area contributed by atoms with E-state index < -0.39 is 0 Å². The molecule has 186 valence electrons. The van der Waals surface area contributed by atoms with Crippen molar-refractivity contribution in [3.63, 3.8) is 0 Å². The fourth-order valence-electron chi connectivity index (χ4n) is 3.47. The lowest BCUT2D eigenvalue weighted by molar-refractivity contribution is -0.123. The van der Waals surface area contributed by atoms with E-state index in [9.17, 15) is 9.59 Å². The Labute approximate surface area is 241 Å². The lowest BCUT2D eigenvalue weighted by atomic mass is 10.1. The Bertz CT molecular complexity index is 1290. The van der Waals surface area contributed by atoms with Crippen molar-refractivity contribution in [3.8, 4) is 17.2 Å². The Balaban J connectivity index is 1.40. The molecule has 1 saturated heterocycles. The number of hydrogen-bond acceptors (Lipinski definition) is 6. The molecule has 1 fully saturated rings. The van der Waals surface area contributed by atoms with E-state index in [2.05, 4.69) is 76.4 Å². The molecule has 1 heterocycles. The van der Waals surface area contributed by atoms with Crippen molar-refractivity contribution in [1.82, 2.24) is 4.90 Å². The molecule has 3 aromatic rings. The van der Waals surface area contributed by atoms with Crippen LogP contribution in [0.1, 0.15) is 16.7 Å². The number of para-hydroxylation sites is 2. The van der Waals surface area contributed by atoms with Crippen LogP contribution in [0.2, 0.25) is 0 Å². The van der Waals surface area contributed by atoms with Crippen LogP contribution < -0.4 is 14.2 Å². The van der Waals surface area contributed by atoms with Crippen LogP contribution in [-0.4, -0.2) is 36.3 Å². The van der Waals surface area contributed by atoms with Crippen LogP contribution in [0.3, 0.4) is 0 Å². The molecule has 1 aliphatic rings. The average molecular weight is 727 g/mol. The van der Waals surface area contributed by atoms with Crippen molar-refractivity contribution < 1.29 is 23.8 Å². The molecular weight excluding hydrogens is 704 g/mol. The highest BCUT2D eigenvalue weighted by atomic mass is 127. The van der Waals surface area contributed by atoms with E-state index in [1.165, 1.54) is 10.5 Å². The van der Waals surface area contributed by atoms with Crippen molar-refractivity contribution in [2.45, 2.75) is 13.5 Å². The number of imide groups is 1. The second kappa shape index (κ2) is 12.3. The first kappa shape index (κ1) is 26.8. The number of rotatable bonds is 9. The molecule has 36 heavy (non-hydrogen) atoms. The molecule has 0 aromatic heterocycles. The van der Waals surface area contributed by atoms with Gasteiger partial charge in [-0.25, -0.2) is 0 Å². The summed E-state index contributed by atoms with van der Waals surface area (Å²) in [4.78, 5) is 27.0. The first-order valence-corrected chi connectivity index (χ1v) is 14.0. The van der Waals surface area contributed by atoms with Crippen LogP contribution >= 0.6 is 56.9 Å². The van der Waals surface area contributed by atoms with Crippen LogP contribution in [0.25, 0.3) is 6.08 Å². The van der Waals surface area contributed by atoms with Gasteiger partial charge >= 0.3 is 0 Å². The van der Waals surface area contributed by atoms with E-state index in [1.54, 1.807) is 25.3 Å². The maximum absolute atomic E-state index is 12.9. The molecule has 0 atom stereocenters. The van der Waals surface area contributed by atoms with Crippen LogP contribution in [0, 0.1) is 14.1 Å². The summed E-state index contributed by atoms with van der Waals surface area (Å²) >= 11 is 5.41. The van der Waals surface area contributed by atoms with E-state index in [1.807, 2.05) is 24.3 Å². The Morgan fingerprint density at radius 3 is 2.28 bits per heavy atom. The number of carbonyl (C=O) groups excluding carboxylic acids is 2. The van der Waals surface area contributed by atoms with E-state index in [0.717, 1.165) is 35.8 Å². The zero-order chi connectivity index (χ0) is 25.7. The largest absolute Gasteiger partial charge is 0.493 e. The highest BCUT2D eigenvalue weighted by molar-refractivity contribution is 14.1. The Kier molecular flexibility index (Phi) is 9.18. The van der Waals surface area contributed by atoms with Gasteiger partial charge in [-0.2, -0.15) is 0 Å². The van der Waals surface area contributed by atoms with E-state index in [0.29, 0.717) is 23.0 Å². The van der Waals surface area contributed by atoms with E-state index >= 15 is 0 Å². The third-order valence-electron chi connectivity index (χ3n) is 5.34. The number of benzene rings is 3. The summed E-state index contributed by atoms with van der Waals surface area (Å²) in [6.45, 7) is 2.86. The predicted octanol–water partition coefficient (Wildman–Crippen LogP) is 6.91. The molecule has 0 bridgehead atoms. The minimum Gasteiger partial charge on any atom is -0.493 e. The van der Waals surface area contributed by atoms with Crippen molar-refractivity contribution in [2.24, 2.45) is 0 Å². The number of halogens is 2. The third kappa shape index (κ3) is 6.54. The van der Waals surface area contributed by atoms with Crippen LogP contribution in [-0.2, 0) is 11.4 Å². The quantitative estimate of drug-likeness (QED) is 0.177. The SMILES string of the molecule is COc1ccccc1OCCN1C(=O)S/C(=C\c2cc(I)c(OCc3ccc(C)cc3)c(I)c2)C1=O. The van der Waals surface area contributed by atoms with Gasteiger partial charge in [0.15, 0.2) is 11.5 Å². The molecule has 0 spiro atoms. The minimum atomic E-state index is -0.321. The average Bonchev–Trinajstić information content (AvgIpc) is 3.12. The second-order valence-electron chi connectivity index (χ2n) is 7.92. The predicted molar refractivity (Wildman–Crippen MR) is 159 cm³/mol. The van der Waals surface area contributed by atoms with Gasteiger partial charge in [-0.15, -0.1) is 0 Å². The normalized spacial score (nSPS) is 14.4. The van der Waals surface area contributed by atoms with Gasteiger partial charge in [0.1, 0.15) is 19.0 Å². The van der Waals surface area contributed by atoms with Gasteiger partial charge in [0.25, 0.3) is 11.1 Å². The molecule has 6 nitrogen and oxygen atoms in total. The van der Waals surface area contributed by atoms with Crippen LogP contribution in [0.4, 0.5) is 4.79 Å². The molecule has 0 N–H and O–H groups in total. The smallest absolute Gasteiger partial charge is 0.293 e. The van der Waals surface area contributed by atoms with Gasteiger partial charge in [-0.1, -0.05) is 42.0 Å². The maximum Gasteiger partial charge on any atom is 0.293 e. The molecule has 9 heteroatoms. The molecule has 3 aromatic carbocycles. The van der Waals surface area contributed by atoms with E-state index in [4.69, 9.17) is 14.2 Å². The highest BCUT2D eigenvalue weighted by Crippen LogP contribution is 2.35. The summed E-state index contributed by atoms with van der Waals surface area (Å²) in [5.74, 6) is 1.65. The molecule has 0 aliphatic carbocycles. The summed E-state index contributed by atoms with van der Waals surface area (Å²) < 4.78 is 18.9. The molecule has 4 rings (SSSR count). The van der Waals surface area contributed by atoms with Crippen molar-refractivity contribution in [1.29, 1.82) is 0 Å². The lowest BCUT2D eigenvalue weighted by Crippen LogP contribution is -2.32.